The van der Waals surface area contributed by atoms with Crippen LogP contribution in [0, 0.1) is 13.8 Å². The summed E-state index contributed by atoms with van der Waals surface area (Å²) in [4.78, 5) is 29.1. The van der Waals surface area contributed by atoms with E-state index in [-0.39, 0.29) is 24.4 Å². The van der Waals surface area contributed by atoms with Gasteiger partial charge in [-0.2, -0.15) is 0 Å². The molecule has 2 amide bonds. The number of carbonyl (C=O) groups is 2. The van der Waals surface area contributed by atoms with Crippen LogP contribution in [0.25, 0.3) is 0 Å². The number of rotatable bonds is 5. The topological polar surface area (TPSA) is 52.7 Å². The maximum atomic E-state index is 13.0. The summed E-state index contributed by atoms with van der Waals surface area (Å²) in [5, 5.41) is 2.98. The van der Waals surface area contributed by atoms with E-state index >= 15 is 0 Å². The van der Waals surface area contributed by atoms with Crippen LogP contribution >= 0.6 is 0 Å². The molecule has 0 spiro atoms. The fraction of sp³-hybridized carbons (Fsp3) is 0.364. The van der Waals surface area contributed by atoms with Gasteiger partial charge in [0, 0.05) is 17.9 Å². The van der Waals surface area contributed by atoms with Gasteiger partial charge in [0.1, 0.15) is 0 Å². The number of anilines is 2. The van der Waals surface area contributed by atoms with Crippen molar-refractivity contribution in [2.75, 3.05) is 30.4 Å². The first-order valence-electron chi connectivity index (χ1n) is 9.34. The number of likely N-dealkylation sites (N-methyl/N-ethyl adjacent to an activating group) is 1. The summed E-state index contributed by atoms with van der Waals surface area (Å²) >= 11 is 0. The van der Waals surface area contributed by atoms with Crippen LogP contribution in [0.5, 0.6) is 0 Å². The van der Waals surface area contributed by atoms with Crippen LogP contribution in [0.15, 0.2) is 42.5 Å². The molecule has 1 heterocycles. The van der Waals surface area contributed by atoms with Gasteiger partial charge in [-0.15, -0.1) is 0 Å². The number of para-hydroxylation sites is 2. The quantitative estimate of drug-likeness (QED) is 0.886. The lowest BCUT2D eigenvalue weighted by Gasteiger charge is -2.28. The molecule has 1 atom stereocenters. The van der Waals surface area contributed by atoms with Gasteiger partial charge in [0.25, 0.3) is 0 Å². The van der Waals surface area contributed by atoms with Gasteiger partial charge in [-0.1, -0.05) is 36.4 Å². The average molecular weight is 365 g/mol. The molecule has 2 aromatic rings. The summed E-state index contributed by atoms with van der Waals surface area (Å²) in [5.41, 5.74) is 5.10. The number of benzene rings is 2. The minimum Gasteiger partial charge on any atom is -0.324 e. The van der Waals surface area contributed by atoms with Gasteiger partial charge in [0.05, 0.1) is 12.6 Å². The van der Waals surface area contributed by atoms with Crippen LogP contribution in [0.2, 0.25) is 0 Å². The SMILES string of the molecule is Cc1cccc(C)c1NC(=O)CN(C)[C@@H](C)C(=O)N1CCc2ccccc21. The zero-order chi connectivity index (χ0) is 19.6. The Morgan fingerprint density at radius 1 is 1.11 bits per heavy atom. The average Bonchev–Trinajstić information content (AvgIpc) is 3.07. The molecule has 1 aliphatic heterocycles. The molecule has 0 aliphatic carbocycles. The van der Waals surface area contributed by atoms with E-state index in [4.69, 9.17) is 0 Å². The van der Waals surface area contributed by atoms with E-state index in [1.165, 1.54) is 5.56 Å². The second kappa shape index (κ2) is 7.92. The van der Waals surface area contributed by atoms with Gasteiger partial charge < -0.3 is 10.2 Å². The van der Waals surface area contributed by atoms with Gasteiger partial charge >= 0.3 is 0 Å². The summed E-state index contributed by atoms with van der Waals surface area (Å²) in [6.45, 7) is 6.67. The van der Waals surface area contributed by atoms with Gasteiger partial charge in [0.15, 0.2) is 0 Å². The van der Waals surface area contributed by atoms with Crippen LogP contribution in [0.1, 0.15) is 23.6 Å². The largest absolute Gasteiger partial charge is 0.324 e. The molecule has 0 saturated carbocycles. The van der Waals surface area contributed by atoms with Crippen molar-refractivity contribution in [2.24, 2.45) is 0 Å². The van der Waals surface area contributed by atoms with E-state index < -0.39 is 0 Å². The standard InChI is InChI=1S/C22H27N3O2/c1-15-8-7-9-16(2)21(15)23-20(26)14-24(4)17(3)22(27)25-13-12-18-10-5-6-11-19(18)25/h5-11,17H,12-14H2,1-4H3,(H,23,26)/t17-/m0/s1. The van der Waals surface area contributed by atoms with E-state index in [1.54, 1.807) is 4.90 Å². The zero-order valence-corrected chi connectivity index (χ0v) is 16.5. The summed E-state index contributed by atoms with van der Waals surface area (Å²) in [7, 11) is 1.81. The van der Waals surface area contributed by atoms with E-state index in [0.717, 1.165) is 28.9 Å². The molecule has 0 fully saturated rings. The van der Waals surface area contributed by atoms with Gasteiger partial charge in [-0.25, -0.2) is 0 Å². The molecule has 5 heteroatoms. The number of aryl methyl sites for hydroxylation is 2. The third-order valence-electron chi connectivity index (χ3n) is 5.31. The number of fused-ring (bicyclic) bond motifs is 1. The maximum absolute atomic E-state index is 13.0. The van der Waals surface area contributed by atoms with Crippen molar-refractivity contribution < 1.29 is 9.59 Å². The Hall–Kier alpha value is -2.66. The first-order chi connectivity index (χ1) is 12.9. The molecule has 2 aromatic carbocycles. The van der Waals surface area contributed by atoms with Crippen LogP contribution in [-0.4, -0.2) is 42.9 Å². The number of amides is 2. The van der Waals surface area contributed by atoms with Crippen molar-refractivity contribution in [1.29, 1.82) is 0 Å². The van der Waals surface area contributed by atoms with Crippen LogP contribution in [-0.2, 0) is 16.0 Å². The van der Waals surface area contributed by atoms with E-state index in [2.05, 4.69) is 11.4 Å². The molecule has 1 aliphatic rings. The summed E-state index contributed by atoms with van der Waals surface area (Å²) < 4.78 is 0. The van der Waals surface area contributed by atoms with E-state index in [0.29, 0.717) is 6.54 Å². The van der Waals surface area contributed by atoms with Crippen LogP contribution in [0.4, 0.5) is 11.4 Å². The van der Waals surface area contributed by atoms with Crippen LogP contribution < -0.4 is 10.2 Å². The lowest BCUT2D eigenvalue weighted by atomic mass is 10.1. The molecule has 0 unspecified atom stereocenters. The lowest BCUT2D eigenvalue weighted by Crippen LogP contribution is -2.47. The van der Waals surface area contributed by atoms with Crippen molar-refractivity contribution >= 4 is 23.2 Å². The van der Waals surface area contributed by atoms with Crippen molar-refractivity contribution in [1.82, 2.24) is 4.90 Å². The highest BCUT2D eigenvalue weighted by Gasteiger charge is 2.30. The molecule has 142 valence electrons. The predicted molar refractivity (Wildman–Crippen MR) is 109 cm³/mol. The summed E-state index contributed by atoms with van der Waals surface area (Å²) in [6, 6.07) is 13.6. The highest BCUT2D eigenvalue weighted by atomic mass is 16.2. The smallest absolute Gasteiger partial charge is 0.244 e. The first-order valence-corrected chi connectivity index (χ1v) is 9.34. The maximum Gasteiger partial charge on any atom is 0.244 e. The lowest BCUT2D eigenvalue weighted by molar-refractivity contribution is -0.124. The highest BCUT2D eigenvalue weighted by molar-refractivity contribution is 5.99. The molecule has 0 saturated heterocycles. The molecule has 0 radical (unpaired) electrons. The van der Waals surface area contributed by atoms with Crippen molar-refractivity contribution in [3.05, 3.63) is 59.2 Å². The monoisotopic (exact) mass is 365 g/mol. The van der Waals surface area contributed by atoms with Crippen molar-refractivity contribution in [3.63, 3.8) is 0 Å². The third-order valence-corrected chi connectivity index (χ3v) is 5.31. The first kappa shape index (κ1) is 19.1. The Balaban J connectivity index is 1.63. The molecule has 27 heavy (non-hydrogen) atoms. The Kier molecular flexibility index (Phi) is 5.61. The number of carbonyl (C=O) groups excluding carboxylic acids is 2. The van der Waals surface area contributed by atoms with Gasteiger partial charge in [-0.05, 0) is 57.0 Å². The van der Waals surface area contributed by atoms with Crippen molar-refractivity contribution in [2.45, 2.75) is 33.2 Å². The van der Waals surface area contributed by atoms with Crippen LogP contribution in [0.3, 0.4) is 0 Å². The minimum absolute atomic E-state index is 0.0299. The number of nitrogens with zero attached hydrogens (tertiary/aromatic N) is 2. The Morgan fingerprint density at radius 3 is 2.48 bits per heavy atom. The normalized spacial score (nSPS) is 14.2. The highest BCUT2D eigenvalue weighted by Crippen LogP contribution is 2.28. The van der Waals surface area contributed by atoms with E-state index in [9.17, 15) is 9.59 Å². The molecule has 1 N–H and O–H groups in total. The number of hydrogen-bond acceptors (Lipinski definition) is 3. The predicted octanol–water partition coefficient (Wildman–Crippen LogP) is 3.15. The number of hydrogen-bond donors (Lipinski definition) is 1. The summed E-state index contributed by atoms with van der Waals surface area (Å²) in [5.74, 6) is -0.0845. The Morgan fingerprint density at radius 2 is 1.78 bits per heavy atom. The fourth-order valence-corrected chi connectivity index (χ4v) is 3.54. The van der Waals surface area contributed by atoms with Gasteiger partial charge in [-0.3, -0.25) is 14.5 Å². The molecular formula is C22H27N3O2. The Labute approximate surface area is 161 Å². The summed E-state index contributed by atoms with van der Waals surface area (Å²) in [6.07, 6.45) is 0.880. The molecule has 0 aromatic heterocycles. The van der Waals surface area contributed by atoms with E-state index in [1.807, 2.05) is 69.1 Å². The second-order valence-electron chi connectivity index (χ2n) is 7.27. The molecule has 0 bridgehead atoms. The minimum atomic E-state index is -0.375. The molecular weight excluding hydrogens is 338 g/mol. The molecule has 3 rings (SSSR count). The zero-order valence-electron chi connectivity index (χ0n) is 16.5. The second-order valence-corrected chi connectivity index (χ2v) is 7.27. The Bertz CT molecular complexity index is 842. The van der Waals surface area contributed by atoms with Crippen molar-refractivity contribution in [3.8, 4) is 0 Å². The molecule has 5 nitrogen and oxygen atoms in total. The van der Waals surface area contributed by atoms with Gasteiger partial charge in [0.2, 0.25) is 11.8 Å². The number of nitrogens with one attached hydrogen (secondary N) is 1. The third kappa shape index (κ3) is 4.03. The fourth-order valence-electron chi connectivity index (χ4n) is 3.54.